The van der Waals surface area contributed by atoms with Crippen LogP contribution >= 0.6 is 0 Å². The Hall–Kier alpha value is -1.60. The van der Waals surface area contributed by atoms with E-state index in [1.165, 1.54) is 4.68 Å². The highest BCUT2D eigenvalue weighted by atomic mass is 16.3. The first-order valence-electron chi connectivity index (χ1n) is 5.35. The van der Waals surface area contributed by atoms with E-state index in [0.717, 1.165) is 0 Å². The van der Waals surface area contributed by atoms with Crippen LogP contribution in [0.3, 0.4) is 0 Å². The number of aryl methyl sites for hydroxylation is 2. The molecule has 0 fully saturated rings. The van der Waals surface area contributed by atoms with Crippen molar-refractivity contribution in [1.29, 1.82) is 0 Å². The van der Waals surface area contributed by atoms with E-state index in [1.807, 2.05) is 0 Å². The highest BCUT2D eigenvalue weighted by Gasteiger charge is 2.19. The summed E-state index contributed by atoms with van der Waals surface area (Å²) in [6.45, 7) is 3.65. The Balaban J connectivity index is 2.87. The van der Waals surface area contributed by atoms with E-state index in [2.05, 4.69) is 10.4 Å². The second-order valence-corrected chi connectivity index (χ2v) is 4.08. The van der Waals surface area contributed by atoms with Gasteiger partial charge in [0.15, 0.2) is 0 Å². The number of hydrogen-bond donors (Lipinski definition) is 4. The van der Waals surface area contributed by atoms with Gasteiger partial charge in [0.2, 0.25) is 0 Å². The van der Waals surface area contributed by atoms with Gasteiger partial charge in [0.25, 0.3) is 5.91 Å². The Kier molecular flexibility index (Phi) is 4.08. The quantitative estimate of drug-likeness (QED) is 0.524. The minimum absolute atomic E-state index is 0.330. The number of aliphatic hydroxyl groups excluding tert-OH is 1. The summed E-state index contributed by atoms with van der Waals surface area (Å²) in [7, 11) is 1.70. The fourth-order valence-corrected chi connectivity index (χ4v) is 1.54. The van der Waals surface area contributed by atoms with Gasteiger partial charge < -0.3 is 21.9 Å². The molecule has 0 saturated carbocycles. The molecule has 0 aliphatic rings. The van der Waals surface area contributed by atoms with E-state index in [4.69, 9.17) is 11.5 Å². The summed E-state index contributed by atoms with van der Waals surface area (Å²) in [4.78, 5) is 11.3. The van der Waals surface area contributed by atoms with E-state index in [9.17, 15) is 9.90 Å². The average Bonchev–Trinajstić information content (AvgIpc) is 2.49. The topological polar surface area (TPSA) is 119 Å². The maximum absolute atomic E-state index is 11.3. The van der Waals surface area contributed by atoms with Crippen LogP contribution in [0.4, 0.5) is 5.82 Å². The molecule has 0 radical (unpaired) electrons. The van der Waals surface area contributed by atoms with Gasteiger partial charge in [-0.15, -0.1) is 0 Å². The van der Waals surface area contributed by atoms with Gasteiger partial charge >= 0.3 is 0 Å². The molecule has 0 aliphatic heterocycles. The molecule has 2 atom stereocenters. The van der Waals surface area contributed by atoms with Crippen LogP contribution in [0.2, 0.25) is 0 Å². The lowest BCUT2D eigenvalue weighted by Gasteiger charge is -2.16. The summed E-state index contributed by atoms with van der Waals surface area (Å²) < 4.78 is 1.53. The molecule has 2 unspecified atom stereocenters. The van der Waals surface area contributed by atoms with Crippen molar-refractivity contribution < 1.29 is 9.90 Å². The van der Waals surface area contributed by atoms with Gasteiger partial charge in [0.1, 0.15) is 11.4 Å². The number of nitrogens with zero attached hydrogens (tertiary/aromatic N) is 2. The van der Waals surface area contributed by atoms with Gasteiger partial charge in [-0.25, -0.2) is 0 Å². The molecule has 1 aromatic heterocycles. The smallest absolute Gasteiger partial charge is 0.254 e. The molecule has 96 valence electrons. The number of nitrogens with two attached hydrogens (primary N) is 2. The molecule has 0 aromatic carbocycles. The summed E-state index contributed by atoms with van der Waals surface area (Å²) >= 11 is 0. The molecule has 0 aliphatic carbocycles. The molecule has 1 rings (SSSR count). The standard InChI is InChI=1S/C10H19N5O2/c1-5-8(9(12)17)10(15(3)14-5)13-4-7(11)6(2)16/h6-7,13,16H,4,11H2,1-3H3,(H2,12,17). The predicted molar refractivity (Wildman–Crippen MR) is 64.6 cm³/mol. The molecule has 7 heteroatoms. The number of anilines is 1. The highest BCUT2D eigenvalue weighted by molar-refractivity contribution is 5.98. The number of aromatic nitrogens is 2. The Morgan fingerprint density at radius 3 is 2.71 bits per heavy atom. The third-order valence-corrected chi connectivity index (χ3v) is 2.59. The first-order valence-corrected chi connectivity index (χ1v) is 5.35. The van der Waals surface area contributed by atoms with E-state index in [-0.39, 0.29) is 0 Å². The molecule has 0 saturated heterocycles. The normalized spacial score (nSPS) is 14.4. The summed E-state index contributed by atoms with van der Waals surface area (Å²) in [5, 5.41) is 16.4. The summed E-state index contributed by atoms with van der Waals surface area (Å²) in [6, 6.07) is -0.425. The Bertz CT molecular complexity index is 413. The second kappa shape index (κ2) is 5.15. The summed E-state index contributed by atoms with van der Waals surface area (Å²) in [5.74, 6) is -0.0187. The van der Waals surface area contributed by atoms with Crippen molar-refractivity contribution >= 4 is 11.7 Å². The number of amides is 1. The van der Waals surface area contributed by atoms with Crippen molar-refractivity contribution in [3.05, 3.63) is 11.3 Å². The van der Waals surface area contributed by atoms with Crippen LogP contribution in [0.5, 0.6) is 0 Å². The molecular formula is C10H19N5O2. The lowest BCUT2D eigenvalue weighted by atomic mass is 10.2. The highest BCUT2D eigenvalue weighted by Crippen LogP contribution is 2.17. The molecule has 0 bridgehead atoms. The molecular weight excluding hydrogens is 222 g/mol. The van der Waals surface area contributed by atoms with Crippen molar-refractivity contribution in [3.8, 4) is 0 Å². The number of rotatable bonds is 5. The van der Waals surface area contributed by atoms with Crippen molar-refractivity contribution in [1.82, 2.24) is 9.78 Å². The van der Waals surface area contributed by atoms with Crippen LogP contribution in [0.25, 0.3) is 0 Å². The van der Waals surface area contributed by atoms with Gasteiger partial charge in [0, 0.05) is 19.6 Å². The van der Waals surface area contributed by atoms with Crippen molar-refractivity contribution in [2.45, 2.75) is 26.0 Å². The fraction of sp³-hybridized carbons (Fsp3) is 0.600. The number of nitrogens with one attached hydrogen (secondary N) is 1. The largest absolute Gasteiger partial charge is 0.392 e. The average molecular weight is 241 g/mol. The first-order chi connectivity index (χ1) is 7.84. The van der Waals surface area contributed by atoms with E-state index >= 15 is 0 Å². The van der Waals surface area contributed by atoms with Gasteiger partial charge in [-0.05, 0) is 13.8 Å². The third kappa shape index (κ3) is 2.95. The Morgan fingerprint density at radius 2 is 2.24 bits per heavy atom. The maximum atomic E-state index is 11.3. The molecule has 1 aromatic rings. The molecule has 1 heterocycles. The van der Waals surface area contributed by atoms with Crippen molar-refractivity contribution in [2.24, 2.45) is 18.5 Å². The van der Waals surface area contributed by atoms with Crippen LogP contribution in [0.15, 0.2) is 0 Å². The minimum Gasteiger partial charge on any atom is -0.392 e. The maximum Gasteiger partial charge on any atom is 0.254 e. The molecule has 7 nitrogen and oxygen atoms in total. The predicted octanol–water partition coefficient (Wildman–Crippen LogP) is -1.05. The number of hydrogen-bond acceptors (Lipinski definition) is 5. The van der Waals surface area contributed by atoms with E-state index in [1.54, 1.807) is 20.9 Å². The lowest BCUT2D eigenvalue weighted by Crippen LogP contribution is -2.39. The Morgan fingerprint density at radius 1 is 1.65 bits per heavy atom. The van der Waals surface area contributed by atoms with Crippen LogP contribution in [0, 0.1) is 6.92 Å². The molecule has 0 spiro atoms. The van der Waals surface area contributed by atoms with E-state index in [0.29, 0.717) is 23.6 Å². The third-order valence-electron chi connectivity index (χ3n) is 2.59. The van der Waals surface area contributed by atoms with Gasteiger partial charge in [-0.3, -0.25) is 9.48 Å². The van der Waals surface area contributed by atoms with Gasteiger partial charge in [-0.2, -0.15) is 5.10 Å². The molecule has 1 amide bonds. The summed E-state index contributed by atoms with van der Waals surface area (Å²) in [5.41, 5.74) is 11.9. The monoisotopic (exact) mass is 241 g/mol. The first kappa shape index (κ1) is 13.5. The minimum atomic E-state index is -0.631. The van der Waals surface area contributed by atoms with E-state index < -0.39 is 18.1 Å². The van der Waals surface area contributed by atoms with Crippen LogP contribution in [-0.4, -0.2) is 39.5 Å². The van der Waals surface area contributed by atoms with Crippen LogP contribution in [0.1, 0.15) is 23.0 Å². The Labute approximate surface area is 99.8 Å². The summed E-state index contributed by atoms with van der Waals surface area (Å²) in [6.07, 6.45) is -0.631. The number of carbonyl (C=O) groups excluding carboxylic acids is 1. The zero-order valence-corrected chi connectivity index (χ0v) is 10.3. The number of carbonyl (C=O) groups is 1. The van der Waals surface area contributed by atoms with Gasteiger partial charge in [-0.1, -0.05) is 0 Å². The molecule has 17 heavy (non-hydrogen) atoms. The van der Waals surface area contributed by atoms with Crippen LogP contribution < -0.4 is 16.8 Å². The lowest BCUT2D eigenvalue weighted by molar-refractivity contribution is 0.100. The zero-order chi connectivity index (χ0) is 13.2. The zero-order valence-electron chi connectivity index (χ0n) is 10.3. The van der Waals surface area contributed by atoms with Crippen molar-refractivity contribution in [3.63, 3.8) is 0 Å². The number of aliphatic hydroxyl groups is 1. The van der Waals surface area contributed by atoms with Gasteiger partial charge in [0.05, 0.1) is 11.8 Å². The fourth-order valence-electron chi connectivity index (χ4n) is 1.54. The SMILES string of the molecule is Cc1nn(C)c(NCC(N)C(C)O)c1C(N)=O. The second-order valence-electron chi connectivity index (χ2n) is 4.08. The molecule has 6 N–H and O–H groups in total. The van der Waals surface area contributed by atoms with Crippen LogP contribution in [-0.2, 0) is 7.05 Å². The number of primary amides is 1. The van der Waals surface area contributed by atoms with Crippen molar-refractivity contribution in [2.75, 3.05) is 11.9 Å².